The van der Waals surface area contributed by atoms with Crippen LogP contribution in [0.1, 0.15) is 18.9 Å². The second-order valence-electron chi connectivity index (χ2n) is 6.49. The summed E-state index contributed by atoms with van der Waals surface area (Å²) in [5, 5.41) is 3.46. The quantitative estimate of drug-likeness (QED) is 0.800. The van der Waals surface area contributed by atoms with Crippen molar-refractivity contribution >= 4 is 5.69 Å². The first-order valence-electron chi connectivity index (χ1n) is 9.07. The van der Waals surface area contributed by atoms with Crippen molar-refractivity contribution in [2.24, 2.45) is 5.92 Å². The number of hydrogen-bond donors (Lipinski definition) is 1. The highest BCUT2D eigenvalue weighted by Gasteiger charge is 2.22. The van der Waals surface area contributed by atoms with Crippen molar-refractivity contribution in [3.05, 3.63) is 60.2 Å². The van der Waals surface area contributed by atoms with E-state index in [-0.39, 0.29) is 0 Å². The number of ether oxygens (including phenoxy) is 1. The molecule has 3 heteroatoms. The van der Waals surface area contributed by atoms with Crippen LogP contribution in [0.5, 0.6) is 5.75 Å². The Hall–Kier alpha value is -2.00. The van der Waals surface area contributed by atoms with Gasteiger partial charge in [-0.1, -0.05) is 37.3 Å². The van der Waals surface area contributed by atoms with Gasteiger partial charge in [-0.3, -0.25) is 0 Å². The van der Waals surface area contributed by atoms with Crippen molar-refractivity contribution in [3.8, 4) is 5.75 Å². The number of nitrogens with one attached hydrogen (secondary N) is 1. The van der Waals surface area contributed by atoms with E-state index >= 15 is 0 Å². The van der Waals surface area contributed by atoms with Crippen LogP contribution in [0.3, 0.4) is 0 Å². The van der Waals surface area contributed by atoms with Gasteiger partial charge in [0.2, 0.25) is 0 Å². The molecular weight excluding hydrogens is 296 g/mol. The molecule has 128 valence electrons. The molecule has 0 aliphatic carbocycles. The third kappa shape index (κ3) is 4.75. The van der Waals surface area contributed by atoms with Crippen molar-refractivity contribution in [2.75, 3.05) is 37.7 Å². The highest BCUT2D eigenvalue weighted by Crippen LogP contribution is 2.25. The predicted molar refractivity (Wildman–Crippen MR) is 101 cm³/mol. The van der Waals surface area contributed by atoms with E-state index in [2.05, 4.69) is 65.7 Å². The van der Waals surface area contributed by atoms with Crippen molar-refractivity contribution < 1.29 is 4.74 Å². The standard InChI is InChI=1S/C21H28N2O/c1-2-22-16-19-12-14-23(17-19)20-8-10-21(11-9-20)24-15-13-18-6-4-3-5-7-18/h3-11,19,22H,2,12-17H2,1H3. The molecule has 0 radical (unpaired) electrons. The van der Waals surface area contributed by atoms with E-state index in [0.29, 0.717) is 0 Å². The molecule has 0 aromatic heterocycles. The summed E-state index contributed by atoms with van der Waals surface area (Å²) >= 11 is 0. The highest BCUT2D eigenvalue weighted by atomic mass is 16.5. The molecule has 1 saturated heterocycles. The molecule has 24 heavy (non-hydrogen) atoms. The van der Waals surface area contributed by atoms with Crippen LogP contribution in [0.4, 0.5) is 5.69 Å². The summed E-state index contributed by atoms with van der Waals surface area (Å²) < 4.78 is 5.87. The van der Waals surface area contributed by atoms with Gasteiger partial charge in [0.25, 0.3) is 0 Å². The molecule has 1 unspecified atom stereocenters. The minimum absolute atomic E-state index is 0.720. The average molecular weight is 324 g/mol. The molecule has 3 nitrogen and oxygen atoms in total. The Labute approximate surface area is 145 Å². The second-order valence-corrected chi connectivity index (χ2v) is 6.49. The normalized spacial score (nSPS) is 17.2. The first-order chi connectivity index (χ1) is 11.8. The van der Waals surface area contributed by atoms with Gasteiger partial charge in [0, 0.05) is 25.2 Å². The number of hydrogen-bond acceptors (Lipinski definition) is 3. The molecule has 1 aliphatic heterocycles. The summed E-state index contributed by atoms with van der Waals surface area (Å²) in [5.74, 6) is 1.73. The summed E-state index contributed by atoms with van der Waals surface area (Å²) in [7, 11) is 0. The van der Waals surface area contributed by atoms with Crippen LogP contribution >= 0.6 is 0 Å². The maximum absolute atomic E-state index is 5.87. The Bertz CT molecular complexity index is 597. The molecular formula is C21H28N2O. The van der Waals surface area contributed by atoms with E-state index in [1.807, 2.05) is 6.07 Å². The van der Waals surface area contributed by atoms with E-state index in [9.17, 15) is 0 Å². The topological polar surface area (TPSA) is 24.5 Å². The highest BCUT2D eigenvalue weighted by molar-refractivity contribution is 5.49. The van der Waals surface area contributed by atoms with Crippen LogP contribution in [0.25, 0.3) is 0 Å². The number of benzene rings is 2. The van der Waals surface area contributed by atoms with Crippen LogP contribution in [0.2, 0.25) is 0 Å². The monoisotopic (exact) mass is 324 g/mol. The molecule has 1 heterocycles. The maximum atomic E-state index is 5.87. The van der Waals surface area contributed by atoms with Gasteiger partial charge in [0.05, 0.1) is 6.61 Å². The summed E-state index contributed by atoms with van der Waals surface area (Å²) in [5.41, 5.74) is 2.63. The van der Waals surface area contributed by atoms with Gasteiger partial charge in [0.15, 0.2) is 0 Å². The van der Waals surface area contributed by atoms with E-state index in [4.69, 9.17) is 4.74 Å². The van der Waals surface area contributed by atoms with Crippen LogP contribution in [0, 0.1) is 5.92 Å². The Morgan fingerprint density at radius 1 is 1.08 bits per heavy atom. The lowest BCUT2D eigenvalue weighted by Crippen LogP contribution is -2.26. The van der Waals surface area contributed by atoms with Gasteiger partial charge < -0.3 is 15.0 Å². The van der Waals surface area contributed by atoms with E-state index < -0.39 is 0 Å². The molecule has 1 atom stereocenters. The van der Waals surface area contributed by atoms with Crippen molar-refractivity contribution in [2.45, 2.75) is 19.8 Å². The fourth-order valence-corrected chi connectivity index (χ4v) is 3.27. The lowest BCUT2D eigenvalue weighted by Gasteiger charge is -2.19. The molecule has 2 aromatic rings. The Balaban J connectivity index is 1.45. The van der Waals surface area contributed by atoms with Gasteiger partial charge in [0.1, 0.15) is 5.75 Å². The van der Waals surface area contributed by atoms with Crippen molar-refractivity contribution in [1.29, 1.82) is 0 Å². The lowest BCUT2D eigenvalue weighted by molar-refractivity contribution is 0.322. The SMILES string of the molecule is CCNCC1CCN(c2ccc(OCCc3ccccc3)cc2)C1. The zero-order valence-corrected chi connectivity index (χ0v) is 14.6. The molecule has 3 rings (SSSR count). The molecule has 1 N–H and O–H groups in total. The van der Waals surface area contributed by atoms with Gasteiger partial charge >= 0.3 is 0 Å². The Morgan fingerprint density at radius 3 is 2.62 bits per heavy atom. The van der Waals surface area contributed by atoms with Gasteiger partial charge in [-0.15, -0.1) is 0 Å². The molecule has 1 fully saturated rings. The fraction of sp³-hybridized carbons (Fsp3) is 0.429. The lowest BCUT2D eigenvalue weighted by atomic mass is 10.1. The largest absolute Gasteiger partial charge is 0.493 e. The predicted octanol–water partition coefficient (Wildman–Crippen LogP) is 3.74. The maximum Gasteiger partial charge on any atom is 0.119 e. The zero-order valence-electron chi connectivity index (χ0n) is 14.6. The van der Waals surface area contributed by atoms with Crippen molar-refractivity contribution in [1.82, 2.24) is 5.32 Å². The first-order valence-corrected chi connectivity index (χ1v) is 9.07. The second kappa shape index (κ2) is 8.74. The van der Waals surface area contributed by atoms with Crippen LogP contribution in [-0.4, -0.2) is 32.8 Å². The minimum atomic E-state index is 0.720. The fourth-order valence-electron chi connectivity index (χ4n) is 3.27. The van der Waals surface area contributed by atoms with Gasteiger partial charge in [-0.25, -0.2) is 0 Å². The average Bonchev–Trinajstić information content (AvgIpc) is 3.10. The zero-order chi connectivity index (χ0) is 16.6. The van der Waals surface area contributed by atoms with Gasteiger partial charge in [-0.2, -0.15) is 0 Å². The van der Waals surface area contributed by atoms with Gasteiger partial charge in [-0.05, 0) is 55.3 Å². The summed E-state index contributed by atoms with van der Waals surface area (Å²) in [6.07, 6.45) is 2.23. The molecule has 0 spiro atoms. The Kier molecular flexibility index (Phi) is 6.13. The third-order valence-corrected chi connectivity index (χ3v) is 4.67. The molecule has 2 aromatic carbocycles. The minimum Gasteiger partial charge on any atom is -0.493 e. The molecule has 0 saturated carbocycles. The summed E-state index contributed by atoms with van der Waals surface area (Å²) in [4.78, 5) is 2.48. The molecule has 0 bridgehead atoms. The van der Waals surface area contributed by atoms with E-state index in [1.165, 1.54) is 17.7 Å². The molecule has 0 amide bonds. The van der Waals surface area contributed by atoms with Crippen LogP contribution < -0.4 is 15.0 Å². The smallest absolute Gasteiger partial charge is 0.119 e. The Morgan fingerprint density at radius 2 is 1.88 bits per heavy atom. The number of rotatable bonds is 8. The molecule has 1 aliphatic rings. The first kappa shape index (κ1) is 16.8. The van der Waals surface area contributed by atoms with Crippen LogP contribution in [-0.2, 0) is 6.42 Å². The van der Waals surface area contributed by atoms with Crippen LogP contribution in [0.15, 0.2) is 54.6 Å². The van der Waals surface area contributed by atoms with Crippen molar-refractivity contribution in [3.63, 3.8) is 0 Å². The number of nitrogens with zero attached hydrogens (tertiary/aromatic N) is 1. The van der Waals surface area contributed by atoms with E-state index in [1.54, 1.807) is 0 Å². The third-order valence-electron chi connectivity index (χ3n) is 4.67. The number of anilines is 1. The summed E-state index contributed by atoms with van der Waals surface area (Å²) in [6, 6.07) is 19.0. The van der Waals surface area contributed by atoms with E-state index in [0.717, 1.165) is 50.9 Å². The summed E-state index contributed by atoms with van der Waals surface area (Å²) in [6.45, 7) is 7.39.